The van der Waals surface area contributed by atoms with Crippen molar-refractivity contribution in [3.05, 3.63) is 21.6 Å². The summed E-state index contributed by atoms with van der Waals surface area (Å²) in [5, 5.41) is 0. The number of fused-ring (bicyclic) bond motifs is 1. The second-order valence-electron chi connectivity index (χ2n) is 2.73. The zero-order chi connectivity index (χ0) is 9.42. The van der Waals surface area contributed by atoms with E-state index in [1.54, 1.807) is 18.4 Å². The molecule has 2 rings (SSSR count). The Kier molecular flexibility index (Phi) is 2.26. The van der Waals surface area contributed by atoms with Gasteiger partial charge >= 0.3 is 0 Å². The number of methoxy groups -OCH3 is 1. The maximum Gasteiger partial charge on any atom is 0.160 e. The molecule has 0 aliphatic carbocycles. The Morgan fingerprint density at radius 2 is 2.23 bits per heavy atom. The Balaban J connectivity index is 2.83. The van der Waals surface area contributed by atoms with E-state index in [9.17, 15) is 0 Å². The van der Waals surface area contributed by atoms with Crippen molar-refractivity contribution in [3.63, 3.8) is 0 Å². The minimum absolute atomic E-state index is 0.836. The van der Waals surface area contributed by atoms with E-state index in [4.69, 9.17) is 4.74 Å². The summed E-state index contributed by atoms with van der Waals surface area (Å²) in [6.07, 6.45) is 0. The molecule has 0 aliphatic heterocycles. The molecule has 2 aromatic rings. The van der Waals surface area contributed by atoms with Gasteiger partial charge in [0, 0.05) is 0 Å². The van der Waals surface area contributed by atoms with E-state index in [0.29, 0.717) is 0 Å². The Morgan fingerprint density at radius 1 is 1.46 bits per heavy atom. The third-order valence-corrected chi connectivity index (χ3v) is 3.54. The van der Waals surface area contributed by atoms with Crippen molar-refractivity contribution in [1.82, 2.24) is 4.98 Å². The van der Waals surface area contributed by atoms with E-state index in [1.165, 1.54) is 10.3 Å². The lowest BCUT2D eigenvalue weighted by molar-refractivity contribution is 0.419. The van der Waals surface area contributed by atoms with E-state index in [-0.39, 0.29) is 0 Å². The number of aromatic nitrogens is 1. The Labute approximate surface area is 88.7 Å². The van der Waals surface area contributed by atoms with Gasteiger partial charge in [0.15, 0.2) is 3.92 Å². The molecular weight excluding hydrogens is 250 g/mol. The van der Waals surface area contributed by atoms with E-state index in [2.05, 4.69) is 27.8 Å². The van der Waals surface area contributed by atoms with Crippen LogP contribution in [-0.2, 0) is 0 Å². The van der Waals surface area contributed by atoms with E-state index >= 15 is 0 Å². The number of hydrogen-bond donors (Lipinski definition) is 0. The smallest absolute Gasteiger partial charge is 0.160 e. The first kappa shape index (κ1) is 8.97. The first-order valence-corrected chi connectivity index (χ1v) is 5.43. The van der Waals surface area contributed by atoms with Gasteiger partial charge in [-0.2, -0.15) is 0 Å². The van der Waals surface area contributed by atoms with Gasteiger partial charge in [-0.25, -0.2) is 4.98 Å². The molecule has 0 unspecified atom stereocenters. The van der Waals surface area contributed by atoms with E-state index < -0.39 is 0 Å². The molecule has 0 fully saturated rings. The van der Waals surface area contributed by atoms with Crippen LogP contribution < -0.4 is 4.74 Å². The third-order valence-electron chi connectivity index (χ3n) is 1.90. The largest absolute Gasteiger partial charge is 0.494 e. The number of ether oxygens (including phenoxy) is 1. The average molecular weight is 258 g/mol. The molecule has 0 saturated heterocycles. The molecule has 68 valence electrons. The molecule has 0 radical (unpaired) electrons. The van der Waals surface area contributed by atoms with Crippen molar-refractivity contribution >= 4 is 37.5 Å². The lowest BCUT2D eigenvalue weighted by Crippen LogP contribution is -1.84. The first-order chi connectivity index (χ1) is 6.22. The molecular formula is C9H8BrNOS. The zero-order valence-electron chi connectivity index (χ0n) is 7.30. The zero-order valence-corrected chi connectivity index (χ0v) is 9.70. The van der Waals surface area contributed by atoms with E-state index in [0.717, 1.165) is 15.2 Å². The second-order valence-corrected chi connectivity index (χ2v) is 5.00. The molecule has 0 N–H and O–H groups in total. The van der Waals surface area contributed by atoms with E-state index in [1.807, 2.05) is 12.1 Å². The summed E-state index contributed by atoms with van der Waals surface area (Å²) in [4.78, 5) is 4.35. The van der Waals surface area contributed by atoms with Crippen molar-refractivity contribution in [2.75, 3.05) is 7.11 Å². The van der Waals surface area contributed by atoms with Crippen LogP contribution in [0.25, 0.3) is 10.2 Å². The highest BCUT2D eigenvalue weighted by molar-refractivity contribution is 9.11. The molecule has 0 amide bonds. The van der Waals surface area contributed by atoms with Crippen molar-refractivity contribution in [2.45, 2.75) is 6.92 Å². The van der Waals surface area contributed by atoms with Gasteiger partial charge in [-0.05, 0) is 34.5 Å². The van der Waals surface area contributed by atoms with Crippen LogP contribution in [0.5, 0.6) is 5.75 Å². The minimum Gasteiger partial charge on any atom is -0.494 e. The Bertz CT molecular complexity index is 452. The van der Waals surface area contributed by atoms with Crippen LogP contribution in [0.15, 0.2) is 16.0 Å². The summed E-state index contributed by atoms with van der Waals surface area (Å²) in [7, 11) is 1.66. The second kappa shape index (κ2) is 3.27. The van der Waals surface area contributed by atoms with Crippen molar-refractivity contribution in [1.29, 1.82) is 0 Å². The minimum atomic E-state index is 0.836. The highest BCUT2D eigenvalue weighted by Gasteiger charge is 2.08. The molecule has 13 heavy (non-hydrogen) atoms. The van der Waals surface area contributed by atoms with Crippen LogP contribution in [-0.4, -0.2) is 12.1 Å². The van der Waals surface area contributed by atoms with Crippen LogP contribution in [0.3, 0.4) is 0 Å². The fourth-order valence-electron chi connectivity index (χ4n) is 1.25. The van der Waals surface area contributed by atoms with Crippen molar-refractivity contribution < 1.29 is 4.74 Å². The molecule has 0 bridgehead atoms. The molecule has 0 aliphatic rings. The van der Waals surface area contributed by atoms with Gasteiger partial charge in [0.1, 0.15) is 11.3 Å². The average Bonchev–Trinajstić information content (AvgIpc) is 2.48. The molecule has 1 aromatic heterocycles. The Hall–Kier alpha value is -0.610. The molecule has 1 aromatic carbocycles. The fourth-order valence-corrected chi connectivity index (χ4v) is 2.69. The number of rotatable bonds is 1. The monoisotopic (exact) mass is 257 g/mol. The first-order valence-electron chi connectivity index (χ1n) is 3.82. The predicted molar refractivity (Wildman–Crippen MR) is 58.6 cm³/mol. The molecule has 2 nitrogen and oxygen atoms in total. The van der Waals surface area contributed by atoms with Crippen molar-refractivity contribution in [3.8, 4) is 5.75 Å². The van der Waals surface area contributed by atoms with Crippen LogP contribution in [0.1, 0.15) is 5.56 Å². The summed E-state index contributed by atoms with van der Waals surface area (Å²) in [5.41, 5.74) is 2.18. The quantitative estimate of drug-likeness (QED) is 0.782. The summed E-state index contributed by atoms with van der Waals surface area (Å²) in [5.74, 6) is 0.836. The van der Waals surface area contributed by atoms with Gasteiger partial charge in [-0.3, -0.25) is 0 Å². The topological polar surface area (TPSA) is 22.1 Å². The van der Waals surface area contributed by atoms with Gasteiger partial charge in [-0.1, -0.05) is 6.07 Å². The number of nitrogens with zero attached hydrogens (tertiary/aromatic N) is 1. The van der Waals surface area contributed by atoms with Crippen LogP contribution >= 0.6 is 27.3 Å². The van der Waals surface area contributed by atoms with Gasteiger partial charge in [0.05, 0.1) is 11.8 Å². The lowest BCUT2D eigenvalue weighted by Gasteiger charge is -2.01. The molecule has 1 heterocycles. The van der Waals surface area contributed by atoms with Crippen LogP contribution in [0.2, 0.25) is 0 Å². The number of aryl methyl sites for hydroxylation is 1. The summed E-state index contributed by atoms with van der Waals surface area (Å²) < 4.78 is 7.30. The fraction of sp³-hybridized carbons (Fsp3) is 0.222. The highest BCUT2D eigenvalue weighted by atomic mass is 79.9. The SMILES string of the molecule is COc1ccc(C)c2sc(Br)nc12. The standard InChI is InChI=1S/C9H8BrNOS/c1-5-3-4-6(12-2)7-8(5)13-9(10)11-7/h3-4H,1-2H3. The molecule has 0 atom stereocenters. The summed E-state index contributed by atoms with van der Waals surface area (Å²) >= 11 is 5.01. The highest BCUT2D eigenvalue weighted by Crippen LogP contribution is 2.34. The Morgan fingerprint density at radius 3 is 2.92 bits per heavy atom. The predicted octanol–water partition coefficient (Wildman–Crippen LogP) is 3.38. The van der Waals surface area contributed by atoms with Crippen molar-refractivity contribution in [2.24, 2.45) is 0 Å². The van der Waals surface area contributed by atoms with Gasteiger partial charge in [0.2, 0.25) is 0 Å². The van der Waals surface area contributed by atoms with Crippen LogP contribution in [0, 0.1) is 6.92 Å². The summed E-state index contributed by atoms with van der Waals surface area (Å²) in [6, 6.07) is 4.00. The number of halogens is 1. The molecule has 0 saturated carbocycles. The molecule has 4 heteroatoms. The van der Waals surface area contributed by atoms with Gasteiger partial charge in [-0.15, -0.1) is 11.3 Å². The normalized spacial score (nSPS) is 10.7. The third kappa shape index (κ3) is 1.44. The van der Waals surface area contributed by atoms with Gasteiger partial charge < -0.3 is 4.74 Å². The number of hydrogen-bond acceptors (Lipinski definition) is 3. The molecule has 0 spiro atoms. The summed E-state index contributed by atoms with van der Waals surface area (Å²) in [6.45, 7) is 2.08. The van der Waals surface area contributed by atoms with Gasteiger partial charge in [0.25, 0.3) is 0 Å². The van der Waals surface area contributed by atoms with Crippen LogP contribution in [0.4, 0.5) is 0 Å². The maximum absolute atomic E-state index is 5.22. The lowest BCUT2D eigenvalue weighted by atomic mass is 10.2. The number of thiazole rings is 1. The maximum atomic E-state index is 5.22. The number of benzene rings is 1.